The quantitative estimate of drug-likeness (QED) is 0.740. The summed E-state index contributed by atoms with van der Waals surface area (Å²) >= 11 is 0. The van der Waals surface area contributed by atoms with E-state index in [9.17, 15) is 9.59 Å². The lowest BCUT2D eigenvalue weighted by Crippen LogP contribution is -2.50. The molecule has 1 aliphatic rings. The number of piperazine rings is 1. The Bertz CT molecular complexity index is 862. The molecule has 1 amide bonds. The molecule has 0 N–H and O–H groups in total. The number of rotatable bonds is 2. The van der Waals surface area contributed by atoms with Crippen LogP contribution in [0.25, 0.3) is 11.0 Å². The van der Waals surface area contributed by atoms with Gasteiger partial charge in [0.2, 0.25) is 0 Å². The molecule has 0 saturated carbocycles. The largest absolute Gasteiger partial charge is 0.465 e. The molecule has 0 unspecified atom stereocenters. The molecule has 9 heteroatoms. The highest BCUT2D eigenvalue weighted by atomic mass is 16.6. The first-order valence-corrected chi connectivity index (χ1v) is 8.85. The minimum absolute atomic E-state index is 0.296. The van der Waals surface area contributed by atoms with Gasteiger partial charge in [-0.05, 0) is 32.9 Å². The van der Waals surface area contributed by atoms with Gasteiger partial charge in [0.15, 0.2) is 0 Å². The molecule has 1 aliphatic heterocycles. The predicted octanol–water partition coefficient (Wildman–Crippen LogP) is 1.81. The van der Waals surface area contributed by atoms with Crippen LogP contribution >= 0.6 is 0 Å². The second kappa shape index (κ2) is 7.05. The van der Waals surface area contributed by atoms with E-state index in [1.54, 1.807) is 22.7 Å². The fourth-order valence-electron chi connectivity index (χ4n) is 3.13. The number of benzene rings is 1. The molecular formula is C18H25N5O4. The molecule has 3 rings (SSSR count). The van der Waals surface area contributed by atoms with Gasteiger partial charge in [0, 0.05) is 33.2 Å². The summed E-state index contributed by atoms with van der Waals surface area (Å²) in [6.07, 6.45) is -0.296. The molecule has 0 bridgehead atoms. The lowest BCUT2D eigenvalue weighted by atomic mass is 10.1. The van der Waals surface area contributed by atoms with Crippen molar-refractivity contribution in [3.63, 3.8) is 0 Å². The summed E-state index contributed by atoms with van der Waals surface area (Å²) in [7, 11) is 3.13. The van der Waals surface area contributed by atoms with Crippen molar-refractivity contribution in [1.29, 1.82) is 0 Å². The van der Waals surface area contributed by atoms with Crippen molar-refractivity contribution in [2.24, 2.45) is 7.05 Å². The van der Waals surface area contributed by atoms with Crippen LogP contribution in [-0.2, 0) is 16.5 Å². The number of esters is 1. The van der Waals surface area contributed by atoms with E-state index in [0.717, 1.165) is 11.2 Å². The molecule has 2 heterocycles. The van der Waals surface area contributed by atoms with Crippen LogP contribution in [0.15, 0.2) is 12.1 Å². The average Bonchev–Trinajstić information content (AvgIpc) is 3.01. The zero-order valence-corrected chi connectivity index (χ0v) is 16.4. The Kier molecular flexibility index (Phi) is 4.95. The molecule has 2 aromatic rings. The Hall–Kier alpha value is -2.84. The van der Waals surface area contributed by atoms with Gasteiger partial charge < -0.3 is 19.3 Å². The number of hydrogen-bond acceptors (Lipinski definition) is 7. The zero-order valence-electron chi connectivity index (χ0n) is 16.4. The Labute approximate surface area is 157 Å². The highest BCUT2D eigenvalue weighted by Crippen LogP contribution is 2.29. The third kappa shape index (κ3) is 3.81. The number of ether oxygens (including phenoxy) is 2. The van der Waals surface area contributed by atoms with E-state index in [-0.39, 0.29) is 6.09 Å². The van der Waals surface area contributed by atoms with E-state index >= 15 is 0 Å². The van der Waals surface area contributed by atoms with Gasteiger partial charge in [-0.25, -0.2) is 14.3 Å². The number of amides is 1. The minimum atomic E-state index is -0.509. The topological polar surface area (TPSA) is 89.8 Å². The number of aromatic nitrogens is 3. The van der Waals surface area contributed by atoms with Crippen LogP contribution in [0.1, 0.15) is 31.1 Å². The van der Waals surface area contributed by atoms with Crippen LogP contribution in [0, 0.1) is 0 Å². The highest BCUT2D eigenvalue weighted by molar-refractivity contribution is 6.05. The Morgan fingerprint density at radius 1 is 1.11 bits per heavy atom. The van der Waals surface area contributed by atoms with Crippen LogP contribution in [0.2, 0.25) is 0 Å². The third-order valence-corrected chi connectivity index (χ3v) is 4.41. The first-order chi connectivity index (χ1) is 12.7. The van der Waals surface area contributed by atoms with Crippen LogP contribution in [0.4, 0.5) is 10.5 Å². The number of methoxy groups -OCH3 is 1. The fourth-order valence-corrected chi connectivity index (χ4v) is 3.13. The van der Waals surface area contributed by atoms with Crippen molar-refractivity contribution in [3.05, 3.63) is 17.7 Å². The predicted molar refractivity (Wildman–Crippen MR) is 99.9 cm³/mol. The van der Waals surface area contributed by atoms with E-state index in [0.29, 0.717) is 37.3 Å². The summed E-state index contributed by atoms with van der Waals surface area (Å²) in [4.78, 5) is 28.1. The lowest BCUT2D eigenvalue weighted by Gasteiger charge is -2.37. The number of carbonyl (C=O) groups excluding carboxylic acids is 2. The van der Waals surface area contributed by atoms with E-state index in [4.69, 9.17) is 9.47 Å². The highest BCUT2D eigenvalue weighted by Gasteiger charge is 2.28. The zero-order chi connectivity index (χ0) is 19.8. The molecule has 0 spiro atoms. The molecule has 0 atom stereocenters. The first kappa shape index (κ1) is 18.9. The van der Waals surface area contributed by atoms with E-state index < -0.39 is 11.6 Å². The van der Waals surface area contributed by atoms with Gasteiger partial charge in [-0.15, -0.1) is 5.10 Å². The van der Waals surface area contributed by atoms with Crippen molar-refractivity contribution in [3.8, 4) is 0 Å². The summed E-state index contributed by atoms with van der Waals surface area (Å²) in [6.45, 7) is 7.98. The molecular weight excluding hydrogens is 350 g/mol. The Morgan fingerprint density at radius 3 is 2.37 bits per heavy atom. The molecule has 1 fully saturated rings. The van der Waals surface area contributed by atoms with Crippen LogP contribution in [0.3, 0.4) is 0 Å². The van der Waals surface area contributed by atoms with Gasteiger partial charge in [0.05, 0.1) is 18.4 Å². The molecule has 0 aliphatic carbocycles. The van der Waals surface area contributed by atoms with Crippen LogP contribution in [0.5, 0.6) is 0 Å². The van der Waals surface area contributed by atoms with Gasteiger partial charge in [-0.2, -0.15) is 0 Å². The molecule has 1 aromatic heterocycles. The summed E-state index contributed by atoms with van der Waals surface area (Å²) in [5.41, 5.74) is 2.08. The minimum Gasteiger partial charge on any atom is -0.465 e. The van der Waals surface area contributed by atoms with Crippen molar-refractivity contribution in [2.45, 2.75) is 26.4 Å². The molecule has 0 radical (unpaired) electrons. The second-order valence-corrected chi connectivity index (χ2v) is 7.49. The molecule has 1 saturated heterocycles. The maximum Gasteiger partial charge on any atom is 0.410 e. The van der Waals surface area contributed by atoms with Crippen molar-refractivity contribution < 1.29 is 19.1 Å². The Morgan fingerprint density at radius 2 is 1.78 bits per heavy atom. The van der Waals surface area contributed by atoms with Gasteiger partial charge >= 0.3 is 12.1 Å². The van der Waals surface area contributed by atoms with E-state index in [2.05, 4.69) is 15.2 Å². The second-order valence-electron chi connectivity index (χ2n) is 7.49. The van der Waals surface area contributed by atoms with E-state index in [1.807, 2.05) is 26.8 Å². The molecule has 27 heavy (non-hydrogen) atoms. The normalized spacial score (nSPS) is 15.1. The fraction of sp³-hybridized carbons (Fsp3) is 0.556. The smallest absolute Gasteiger partial charge is 0.410 e. The van der Waals surface area contributed by atoms with Gasteiger partial charge in [0.1, 0.15) is 16.6 Å². The lowest BCUT2D eigenvalue weighted by molar-refractivity contribution is 0.0240. The number of hydrogen-bond donors (Lipinski definition) is 0. The van der Waals surface area contributed by atoms with Crippen LogP contribution in [-0.4, -0.2) is 70.8 Å². The van der Waals surface area contributed by atoms with Crippen LogP contribution < -0.4 is 4.90 Å². The van der Waals surface area contributed by atoms with Gasteiger partial charge in [-0.3, -0.25) is 0 Å². The number of aryl methyl sites for hydroxylation is 1. The average molecular weight is 375 g/mol. The summed E-state index contributed by atoms with van der Waals surface area (Å²) in [5, 5.41) is 8.19. The van der Waals surface area contributed by atoms with E-state index in [1.165, 1.54) is 7.11 Å². The summed E-state index contributed by atoms with van der Waals surface area (Å²) in [5.74, 6) is -0.443. The first-order valence-electron chi connectivity index (χ1n) is 8.85. The summed E-state index contributed by atoms with van der Waals surface area (Å²) in [6, 6.07) is 3.58. The number of nitrogens with zero attached hydrogens (tertiary/aromatic N) is 5. The van der Waals surface area contributed by atoms with Gasteiger partial charge in [0.25, 0.3) is 0 Å². The van der Waals surface area contributed by atoms with Crippen molar-refractivity contribution in [1.82, 2.24) is 19.9 Å². The third-order valence-electron chi connectivity index (χ3n) is 4.41. The molecule has 1 aromatic carbocycles. The number of carbonyl (C=O) groups is 2. The Balaban J connectivity index is 1.81. The number of fused-ring (bicyclic) bond motifs is 1. The maximum atomic E-state index is 12.2. The molecule has 9 nitrogen and oxygen atoms in total. The monoisotopic (exact) mass is 375 g/mol. The number of anilines is 1. The van der Waals surface area contributed by atoms with Gasteiger partial charge in [-0.1, -0.05) is 5.21 Å². The maximum absolute atomic E-state index is 12.2. The van der Waals surface area contributed by atoms with Crippen molar-refractivity contribution >= 4 is 28.8 Å². The van der Waals surface area contributed by atoms with Crippen molar-refractivity contribution in [2.75, 3.05) is 38.2 Å². The standard InChI is InChI=1S/C18H25N5O4/c1-18(2,3)27-17(25)23-10-8-22(9-11-23)13-7-6-12(16(24)26-5)14-15(13)21(4)20-19-14/h6-7H,8-11H2,1-5H3. The SMILES string of the molecule is COC(=O)c1ccc(N2CCN(C(=O)OC(C)(C)C)CC2)c2c1nnn2C. The summed E-state index contributed by atoms with van der Waals surface area (Å²) < 4.78 is 11.9. The molecule has 146 valence electrons.